The van der Waals surface area contributed by atoms with Gasteiger partial charge in [0.15, 0.2) is 0 Å². The first-order valence-electron chi connectivity index (χ1n) is 7.27. The molecule has 1 radical (unpaired) electrons. The molecule has 1 unspecified atom stereocenters. The van der Waals surface area contributed by atoms with Gasteiger partial charge in [0.05, 0.1) is 0 Å². The maximum atomic E-state index is 3.56. The molecule has 0 spiro atoms. The largest absolute Gasteiger partial charge is 0.0722 e. The molecule has 0 aromatic heterocycles. The summed E-state index contributed by atoms with van der Waals surface area (Å²) in [5.41, 5.74) is 9.10. The highest BCUT2D eigenvalue weighted by atomic mass is 14.3. The summed E-state index contributed by atoms with van der Waals surface area (Å²) < 4.78 is 0. The fourth-order valence-corrected chi connectivity index (χ4v) is 3.14. The second-order valence-electron chi connectivity index (χ2n) is 5.65. The van der Waals surface area contributed by atoms with Crippen LogP contribution in [0.1, 0.15) is 60.3 Å². The highest BCUT2D eigenvalue weighted by Crippen LogP contribution is 2.44. The summed E-state index contributed by atoms with van der Waals surface area (Å²) in [5, 5.41) is 0. The Morgan fingerprint density at radius 2 is 1.94 bits per heavy atom. The third kappa shape index (κ3) is 2.13. The van der Waals surface area contributed by atoms with Crippen LogP contribution in [0.4, 0.5) is 0 Å². The van der Waals surface area contributed by atoms with E-state index in [9.17, 15) is 0 Å². The van der Waals surface area contributed by atoms with Crippen molar-refractivity contribution in [3.63, 3.8) is 0 Å². The minimum Gasteiger partial charge on any atom is -0.0722 e. The van der Waals surface area contributed by atoms with Crippen LogP contribution in [0.3, 0.4) is 0 Å². The lowest BCUT2D eigenvalue weighted by atomic mass is 9.87. The minimum atomic E-state index is 0.591. The highest BCUT2D eigenvalue weighted by molar-refractivity contribution is 5.60. The molecule has 0 N–H and O–H groups in total. The van der Waals surface area contributed by atoms with Crippen molar-refractivity contribution in [1.29, 1.82) is 0 Å². The predicted molar refractivity (Wildman–Crippen MR) is 79.2 cm³/mol. The number of unbranched alkanes of at least 4 members (excludes halogenated alkanes) is 1. The third-order valence-electron chi connectivity index (χ3n) is 4.66. The van der Waals surface area contributed by atoms with Gasteiger partial charge in [-0.25, -0.2) is 0 Å². The zero-order valence-corrected chi connectivity index (χ0v) is 12.5. The summed E-state index contributed by atoms with van der Waals surface area (Å²) in [6.07, 6.45) is 10.7. The monoisotopic (exact) mass is 241 g/mol. The Morgan fingerprint density at radius 3 is 2.50 bits per heavy atom. The van der Waals surface area contributed by atoms with Crippen LogP contribution in [0.5, 0.6) is 0 Å². The van der Waals surface area contributed by atoms with Crippen LogP contribution in [0, 0.1) is 12.0 Å². The van der Waals surface area contributed by atoms with Gasteiger partial charge in [-0.15, -0.1) is 0 Å². The van der Waals surface area contributed by atoms with Crippen molar-refractivity contribution < 1.29 is 0 Å². The summed E-state index contributed by atoms with van der Waals surface area (Å²) in [4.78, 5) is 0. The van der Waals surface area contributed by atoms with Gasteiger partial charge in [-0.2, -0.15) is 0 Å². The van der Waals surface area contributed by atoms with Crippen molar-refractivity contribution in [3.8, 4) is 0 Å². The van der Waals surface area contributed by atoms with Gasteiger partial charge in [-0.05, 0) is 74.0 Å². The van der Waals surface area contributed by atoms with E-state index in [4.69, 9.17) is 0 Å². The molecule has 0 heterocycles. The van der Waals surface area contributed by atoms with Crippen LogP contribution in [0.15, 0.2) is 39.5 Å². The maximum Gasteiger partial charge on any atom is 0.00315 e. The first-order chi connectivity index (χ1) is 8.57. The molecule has 0 bridgehead atoms. The SMILES string of the molecule is CCCCC1=[C]CC=C1C1=C(C)C(C)=C(C)C1C. The average molecular weight is 241 g/mol. The molecule has 0 aliphatic heterocycles. The van der Waals surface area contributed by atoms with Gasteiger partial charge in [0.25, 0.3) is 0 Å². The first-order valence-corrected chi connectivity index (χ1v) is 7.27. The topological polar surface area (TPSA) is 0 Å². The Balaban J connectivity index is 2.27. The maximum absolute atomic E-state index is 3.56. The van der Waals surface area contributed by atoms with Gasteiger partial charge in [0, 0.05) is 5.92 Å². The minimum absolute atomic E-state index is 0.591. The fourth-order valence-electron chi connectivity index (χ4n) is 3.14. The lowest BCUT2D eigenvalue weighted by Gasteiger charge is -2.17. The number of hydrogen-bond donors (Lipinski definition) is 0. The predicted octanol–water partition coefficient (Wildman–Crippen LogP) is 5.54. The van der Waals surface area contributed by atoms with Crippen LogP contribution in [0.25, 0.3) is 0 Å². The van der Waals surface area contributed by atoms with Crippen LogP contribution in [-0.2, 0) is 0 Å². The Bertz CT molecular complexity index is 466. The molecule has 97 valence electrons. The van der Waals surface area contributed by atoms with E-state index in [-0.39, 0.29) is 0 Å². The quantitative estimate of drug-likeness (QED) is 0.606. The molecule has 0 aromatic carbocycles. The van der Waals surface area contributed by atoms with Crippen molar-refractivity contribution in [1.82, 2.24) is 0 Å². The lowest BCUT2D eigenvalue weighted by molar-refractivity contribution is 0.777. The van der Waals surface area contributed by atoms with Crippen molar-refractivity contribution in [2.75, 3.05) is 0 Å². The van der Waals surface area contributed by atoms with E-state index in [1.165, 1.54) is 41.6 Å². The molecule has 0 nitrogen and oxygen atoms in total. The second-order valence-corrected chi connectivity index (χ2v) is 5.65. The van der Waals surface area contributed by atoms with Gasteiger partial charge < -0.3 is 0 Å². The normalized spacial score (nSPS) is 23.9. The molecule has 0 heteroatoms. The van der Waals surface area contributed by atoms with Crippen LogP contribution in [-0.4, -0.2) is 0 Å². The first kappa shape index (κ1) is 13.4. The van der Waals surface area contributed by atoms with E-state index in [1.54, 1.807) is 11.1 Å². The molecular formula is C18H25. The van der Waals surface area contributed by atoms with Crippen LogP contribution in [0.2, 0.25) is 0 Å². The van der Waals surface area contributed by atoms with Crippen LogP contribution >= 0.6 is 0 Å². The van der Waals surface area contributed by atoms with E-state index in [2.05, 4.69) is 46.8 Å². The zero-order chi connectivity index (χ0) is 13.3. The summed E-state index contributed by atoms with van der Waals surface area (Å²) in [5.74, 6) is 0.591. The average Bonchev–Trinajstić information content (AvgIpc) is 2.88. The lowest BCUT2D eigenvalue weighted by Crippen LogP contribution is -2.02. The summed E-state index contributed by atoms with van der Waals surface area (Å²) in [6, 6.07) is 0. The highest BCUT2D eigenvalue weighted by Gasteiger charge is 2.28. The molecule has 18 heavy (non-hydrogen) atoms. The van der Waals surface area contributed by atoms with E-state index in [1.807, 2.05) is 0 Å². The van der Waals surface area contributed by atoms with Gasteiger partial charge in [-0.3, -0.25) is 0 Å². The molecule has 0 amide bonds. The van der Waals surface area contributed by atoms with Crippen molar-refractivity contribution in [2.45, 2.75) is 60.3 Å². The Kier molecular flexibility index (Phi) is 3.94. The smallest absolute Gasteiger partial charge is 0.00315 e. The number of rotatable bonds is 4. The van der Waals surface area contributed by atoms with Crippen molar-refractivity contribution in [3.05, 3.63) is 45.6 Å². The van der Waals surface area contributed by atoms with E-state index in [0.717, 1.165) is 6.42 Å². The van der Waals surface area contributed by atoms with Crippen molar-refractivity contribution in [2.24, 2.45) is 5.92 Å². The molecule has 0 saturated carbocycles. The molecule has 0 aromatic rings. The summed E-state index contributed by atoms with van der Waals surface area (Å²) in [7, 11) is 0. The van der Waals surface area contributed by atoms with Crippen LogP contribution < -0.4 is 0 Å². The fraction of sp³-hybridized carbons (Fsp3) is 0.556. The van der Waals surface area contributed by atoms with Gasteiger partial charge in [0.1, 0.15) is 0 Å². The molecule has 1 atom stereocenters. The Labute approximate surface area is 112 Å². The summed E-state index contributed by atoms with van der Waals surface area (Å²) >= 11 is 0. The second kappa shape index (κ2) is 5.30. The summed E-state index contributed by atoms with van der Waals surface area (Å²) in [6.45, 7) is 11.4. The molecular weight excluding hydrogens is 216 g/mol. The van der Waals surface area contributed by atoms with E-state index in [0.29, 0.717) is 5.92 Å². The third-order valence-corrected chi connectivity index (χ3v) is 4.66. The Hall–Kier alpha value is -1.04. The molecule has 0 fully saturated rings. The van der Waals surface area contributed by atoms with Gasteiger partial charge in [-0.1, -0.05) is 31.9 Å². The molecule has 0 saturated heterocycles. The van der Waals surface area contributed by atoms with Gasteiger partial charge >= 0.3 is 0 Å². The molecule has 2 aliphatic rings. The van der Waals surface area contributed by atoms with Gasteiger partial charge in [0.2, 0.25) is 0 Å². The Morgan fingerprint density at radius 1 is 1.22 bits per heavy atom. The zero-order valence-electron chi connectivity index (χ0n) is 12.5. The molecule has 2 rings (SSSR count). The van der Waals surface area contributed by atoms with E-state index < -0.39 is 0 Å². The molecule has 2 aliphatic carbocycles. The standard InChI is InChI=1S/C18H25/c1-6-7-9-16-10-8-11-17(16)18-14(4)12(2)13(3)15(18)5/h11,14H,6-9H2,1-5H3. The van der Waals surface area contributed by atoms with Crippen molar-refractivity contribution >= 4 is 0 Å². The number of allylic oxidation sites excluding steroid dienone is 8. The van der Waals surface area contributed by atoms with E-state index >= 15 is 0 Å². The number of hydrogen-bond acceptors (Lipinski definition) is 0.